The van der Waals surface area contributed by atoms with Gasteiger partial charge in [-0.25, -0.2) is 4.39 Å². The number of phenolic OH excluding ortho intramolecular Hbond substituents is 1. The number of anilines is 1. The fourth-order valence-electron chi connectivity index (χ4n) is 2.25. The summed E-state index contributed by atoms with van der Waals surface area (Å²) in [6, 6.07) is 10.2. The van der Waals surface area contributed by atoms with E-state index in [1.54, 1.807) is 12.1 Å². The van der Waals surface area contributed by atoms with Gasteiger partial charge >= 0.3 is 0 Å². The van der Waals surface area contributed by atoms with Crippen LogP contribution in [0.3, 0.4) is 0 Å². The molecule has 1 saturated heterocycles. The molecule has 0 saturated carbocycles. The molecular weight excluding hydrogens is 451 g/mol. The van der Waals surface area contributed by atoms with Gasteiger partial charge in [-0.2, -0.15) is 5.10 Å². The zero-order valence-corrected chi connectivity index (χ0v) is 16.6. The zero-order valence-electron chi connectivity index (χ0n) is 14.2. The molecule has 1 heterocycles. The number of halogens is 2. The molecule has 0 aliphatic carbocycles. The smallest absolute Gasteiger partial charge is 0.240 e. The van der Waals surface area contributed by atoms with E-state index < -0.39 is 11.1 Å². The number of hydrogen-bond acceptors (Lipinski definition) is 6. The lowest BCUT2D eigenvalue weighted by Gasteiger charge is -2.07. The van der Waals surface area contributed by atoms with E-state index in [4.69, 9.17) is 0 Å². The number of carbonyl (C=O) groups excluding carboxylic acids is 2. The van der Waals surface area contributed by atoms with Gasteiger partial charge < -0.3 is 15.7 Å². The van der Waals surface area contributed by atoms with Crippen LogP contribution in [-0.2, 0) is 9.59 Å². The molecule has 2 amide bonds. The minimum absolute atomic E-state index is 0.0540. The molecule has 10 heteroatoms. The van der Waals surface area contributed by atoms with Crippen molar-refractivity contribution in [2.24, 2.45) is 10.2 Å². The fraction of sp³-hybridized carbons (Fsp3) is 0.111. The van der Waals surface area contributed by atoms with Gasteiger partial charge in [0, 0.05) is 12.1 Å². The quantitative estimate of drug-likeness (QED) is 0.466. The Bertz CT molecular complexity index is 966. The molecule has 28 heavy (non-hydrogen) atoms. The molecule has 0 spiro atoms. The van der Waals surface area contributed by atoms with Crippen molar-refractivity contribution in [2.45, 2.75) is 11.7 Å². The Balaban J connectivity index is 1.55. The predicted molar refractivity (Wildman–Crippen MR) is 110 cm³/mol. The van der Waals surface area contributed by atoms with Crippen molar-refractivity contribution in [1.29, 1.82) is 0 Å². The molecule has 3 rings (SSSR count). The lowest BCUT2D eigenvalue weighted by atomic mass is 10.2. The maximum Gasteiger partial charge on any atom is 0.240 e. The Hall–Kier alpha value is -2.72. The maximum absolute atomic E-state index is 12.9. The van der Waals surface area contributed by atoms with E-state index in [0.29, 0.717) is 20.9 Å². The van der Waals surface area contributed by atoms with E-state index >= 15 is 0 Å². The van der Waals surface area contributed by atoms with Crippen LogP contribution in [0.15, 0.2) is 57.1 Å². The number of benzene rings is 2. The highest BCUT2D eigenvalue weighted by Gasteiger charge is 2.32. The third-order valence-corrected chi connectivity index (χ3v) is 5.31. The topological polar surface area (TPSA) is 103 Å². The van der Waals surface area contributed by atoms with E-state index in [1.807, 2.05) is 0 Å². The normalized spacial score (nSPS) is 17.9. The standard InChI is InChI=1S/C18H14BrFN4O3S/c19-13-7-10(1-6-14(13)25)9-21-24-18-23-17(27)15(28-18)8-16(26)22-12-4-2-11(20)3-5-12/h1-7,9,15,25H,8H2,(H,22,26)(H,23,24,27)/b21-9-/t15-/m0/s1. The second kappa shape index (κ2) is 8.98. The minimum atomic E-state index is -0.628. The SMILES string of the molecule is O=C(C[C@@H]1S/C(=N\N=C/c2ccc(O)c(Br)c2)NC1=O)Nc1ccc(F)cc1. The molecule has 2 aromatic rings. The molecule has 1 fully saturated rings. The number of hydrogen-bond donors (Lipinski definition) is 3. The van der Waals surface area contributed by atoms with Crippen molar-refractivity contribution in [3.63, 3.8) is 0 Å². The largest absolute Gasteiger partial charge is 0.507 e. The van der Waals surface area contributed by atoms with E-state index in [0.717, 1.165) is 11.8 Å². The minimum Gasteiger partial charge on any atom is -0.507 e. The molecule has 1 aliphatic heterocycles. The summed E-state index contributed by atoms with van der Waals surface area (Å²) in [4.78, 5) is 24.1. The summed E-state index contributed by atoms with van der Waals surface area (Å²) in [5.74, 6) is -0.979. The molecule has 0 aromatic heterocycles. The molecular formula is C18H14BrFN4O3S. The van der Waals surface area contributed by atoms with Crippen molar-refractivity contribution < 1.29 is 19.1 Å². The summed E-state index contributed by atoms with van der Waals surface area (Å²) in [5.41, 5.74) is 1.16. The second-order valence-electron chi connectivity index (χ2n) is 5.72. The van der Waals surface area contributed by atoms with Crippen LogP contribution in [0.25, 0.3) is 0 Å². The number of amides is 2. The van der Waals surface area contributed by atoms with Crippen molar-refractivity contribution >= 4 is 56.6 Å². The van der Waals surface area contributed by atoms with Crippen LogP contribution in [0, 0.1) is 5.82 Å². The zero-order chi connectivity index (χ0) is 20.1. The van der Waals surface area contributed by atoms with Crippen LogP contribution in [0.5, 0.6) is 5.75 Å². The van der Waals surface area contributed by atoms with Gasteiger partial charge in [0.15, 0.2) is 5.17 Å². The Morgan fingerprint density at radius 2 is 2.07 bits per heavy atom. The molecule has 7 nitrogen and oxygen atoms in total. The van der Waals surface area contributed by atoms with Gasteiger partial charge in [-0.05, 0) is 64.0 Å². The Morgan fingerprint density at radius 3 is 2.79 bits per heavy atom. The number of nitrogens with one attached hydrogen (secondary N) is 2. The molecule has 0 radical (unpaired) electrons. The van der Waals surface area contributed by atoms with E-state index in [2.05, 4.69) is 36.8 Å². The van der Waals surface area contributed by atoms with Crippen molar-refractivity contribution in [3.05, 3.63) is 58.3 Å². The summed E-state index contributed by atoms with van der Waals surface area (Å²) in [7, 11) is 0. The highest BCUT2D eigenvalue weighted by molar-refractivity contribution is 9.10. The molecule has 2 aromatic carbocycles. The number of phenols is 1. The molecule has 1 aliphatic rings. The number of carbonyl (C=O) groups is 2. The Morgan fingerprint density at radius 1 is 1.32 bits per heavy atom. The van der Waals surface area contributed by atoms with Gasteiger partial charge in [0.1, 0.15) is 16.8 Å². The third kappa shape index (κ3) is 5.40. The third-order valence-electron chi connectivity index (χ3n) is 3.60. The predicted octanol–water partition coefficient (Wildman–Crippen LogP) is 3.24. The van der Waals surface area contributed by atoms with Gasteiger partial charge in [0.05, 0.1) is 10.7 Å². The molecule has 0 bridgehead atoms. The first-order valence-electron chi connectivity index (χ1n) is 8.03. The summed E-state index contributed by atoms with van der Waals surface area (Å²) in [5, 5.41) is 22.1. The lowest BCUT2D eigenvalue weighted by Crippen LogP contribution is -2.28. The number of amidine groups is 1. The first-order chi connectivity index (χ1) is 13.4. The number of aromatic hydroxyl groups is 1. The number of nitrogens with zero attached hydrogens (tertiary/aromatic N) is 2. The summed E-state index contributed by atoms with van der Waals surface area (Å²) in [6.45, 7) is 0. The van der Waals surface area contributed by atoms with E-state index in [9.17, 15) is 19.1 Å². The van der Waals surface area contributed by atoms with Crippen LogP contribution in [0.4, 0.5) is 10.1 Å². The van der Waals surface area contributed by atoms with Gasteiger partial charge in [-0.15, -0.1) is 5.10 Å². The van der Waals surface area contributed by atoms with E-state index in [1.165, 1.54) is 36.5 Å². The highest BCUT2D eigenvalue weighted by Crippen LogP contribution is 2.24. The van der Waals surface area contributed by atoms with E-state index in [-0.39, 0.29) is 24.0 Å². The van der Waals surface area contributed by atoms with Gasteiger partial charge in [-0.3, -0.25) is 9.59 Å². The van der Waals surface area contributed by atoms with Crippen molar-refractivity contribution in [1.82, 2.24) is 5.32 Å². The van der Waals surface area contributed by atoms with Crippen LogP contribution in [0.1, 0.15) is 12.0 Å². The Labute approximate surface area is 172 Å². The number of thioether (sulfide) groups is 1. The average Bonchev–Trinajstić information content (AvgIpc) is 2.99. The average molecular weight is 465 g/mol. The fourth-order valence-corrected chi connectivity index (χ4v) is 3.57. The monoisotopic (exact) mass is 464 g/mol. The number of rotatable bonds is 5. The van der Waals surface area contributed by atoms with Crippen LogP contribution in [-0.4, -0.2) is 33.6 Å². The van der Waals surface area contributed by atoms with Crippen LogP contribution >= 0.6 is 27.7 Å². The van der Waals surface area contributed by atoms with Crippen molar-refractivity contribution in [3.8, 4) is 5.75 Å². The Kier molecular flexibility index (Phi) is 6.42. The summed E-state index contributed by atoms with van der Waals surface area (Å²) >= 11 is 4.31. The van der Waals surface area contributed by atoms with Crippen LogP contribution < -0.4 is 10.6 Å². The first-order valence-corrected chi connectivity index (χ1v) is 9.70. The molecule has 1 atom stereocenters. The first kappa shape index (κ1) is 20.0. The summed E-state index contributed by atoms with van der Waals surface area (Å²) in [6.07, 6.45) is 1.42. The lowest BCUT2D eigenvalue weighted by molar-refractivity contribution is -0.122. The van der Waals surface area contributed by atoms with Gasteiger partial charge in [0.25, 0.3) is 0 Å². The highest BCUT2D eigenvalue weighted by atomic mass is 79.9. The molecule has 144 valence electrons. The summed E-state index contributed by atoms with van der Waals surface area (Å²) < 4.78 is 13.4. The maximum atomic E-state index is 12.9. The van der Waals surface area contributed by atoms with Crippen LogP contribution in [0.2, 0.25) is 0 Å². The second-order valence-corrected chi connectivity index (χ2v) is 7.76. The van der Waals surface area contributed by atoms with Gasteiger partial charge in [0.2, 0.25) is 11.8 Å². The van der Waals surface area contributed by atoms with Gasteiger partial charge in [-0.1, -0.05) is 11.8 Å². The molecule has 0 unspecified atom stereocenters. The molecule has 3 N–H and O–H groups in total. The van der Waals surface area contributed by atoms with Crippen molar-refractivity contribution in [2.75, 3.05) is 5.32 Å².